The Labute approximate surface area is 143 Å². The number of para-hydroxylation sites is 1. The maximum Gasteiger partial charge on any atom is 0.257 e. The van der Waals surface area contributed by atoms with E-state index >= 15 is 0 Å². The van der Waals surface area contributed by atoms with Gasteiger partial charge in [-0.1, -0.05) is 18.2 Å². The molecule has 1 amide bonds. The van der Waals surface area contributed by atoms with E-state index in [1.54, 1.807) is 0 Å². The van der Waals surface area contributed by atoms with Crippen molar-refractivity contribution < 1.29 is 4.79 Å². The van der Waals surface area contributed by atoms with Crippen molar-refractivity contribution in [2.24, 2.45) is 11.7 Å². The molecule has 3 rings (SSSR count). The highest BCUT2D eigenvalue weighted by Gasteiger charge is 2.29. The molecule has 5 heteroatoms. The number of aromatic nitrogens is 2. The largest absolute Gasteiger partial charge is 0.338 e. The highest BCUT2D eigenvalue weighted by Crippen LogP contribution is 2.24. The Balaban J connectivity index is 1.89. The van der Waals surface area contributed by atoms with Crippen molar-refractivity contribution in [2.75, 3.05) is 13.1 Å². The van der Waals surface area contributed by atoms with Crippen molar-refractivity contribution in [3.8, 4) is 5.69 Å². The average Bonchev–Trinajstić information content (AvgIpc) is 2.89. The number of carbonyl (C=O) groups excluding carboxylic acids is 1. The summed E-state index contributed by atoms with van der Waals surface area (Å²) in [7, 11) is 0. The summed E-state index contributed by atoms with van der Waals surface area (Å²) < 4.78 is 1.86. The van der Waals surface area contributed by atoms with Crippen LogP contribution in [0.3, 0.4) is 0 Å². The predicted octanol–water partition coefficient (Wildman–Crippen LogP) is 2.69. The number of aryl methyl sites for hydroxylation is 1. The first-order valence-corrected chi connectivity index (χ1v) is 8.65. The summed E-state index contributed by atoms with van der Waals surface area (Å²) in [6.45, 7) is 7.45. The number of carbonyl (C=O) groups is 1. The van der Waals surface area contributed by atoms with Crippen LogP contribution in [-0.2, 0) is 0 Å². The molecule has 24 heavy (non-hydrogen) atoms. The summed E-state index contributed by atoms with van der Waals surface area (Å²) in [4.78, 5) is 15.0. The van der Waals surface area contributed by atoms with E-state index in [-0.39, 0.29) is 11.9 Å². The molecule has 2 N–H and O–H groups in total. The lowest BCUT2D eigenvalue weighted by Gasteiger charge is -2.34. The fraction of sp³-hybridized carbons (Fsp3) is 0.474. The number of piperidine rings is 1. The Hall–Kier alpha value is -2.14. The monoisotopic (exact) mass is 326 g/mol. The van der Waals surface area contributed by atoms with Gasteiger partial charge in [0.25, 0.3) is 5.91 Å². The maximum atomic E-state index is 13.1. The lowest BCUT2D eigenvalue weighted by atomic mass is 9.91. The first-order valence-electron chi connectivity index (χ1n) is 8.65. The number of amides is 1. The molecule has 1 aromatic carbocycles. The number of hydrogen-bond donors (Lipinski definition) is 1. The van der Waals surface area contributed by atoms with Gasteiger partial charge in [0.1, 0.15) is 0 Å². The van der Waals surface area contributed by atoms with Crippen molar-refractivity contribution in [3.63, 3.8) is 0 Å². The molecular weight excluding hydrogens is 300 g/mol. The molecule has 1 saturated heterocycles. The fourth-order valence-electron chi connectivity index (χ4n) is 3.55. The Bertz CT molecular complexity index is 720. The minimum atomic E-state index is 0.0810. The van der Waals surface area contributed by atoms with Crippen molar-refractivity contribution >= 4 is 5.91 Å². The molecule has 0 spiro atoms. The fourth-order valence-corrected chi connectivity index (χ4v) is 3.55. The SMILES string of the molecule is Cc1nn(-c2ccccc2)c(C)c1C(=O)N1CCCC(C(C)N)C1. The van der Waals surface area contributed by atoms with Crippen LogP contribution in [0, 0.1) is 19.8 Å². The number of nitrogens with two attached hydrogens (primary N) is 1. The van der Waals surface area contributed by atoms with E-state index in [0.29, 0.717) is 5.92 Å². The van der Waals surface area contributed by atoms with Gasteiger partial charge in [-0.3, -0.25) is 4.79 Å². The van der Waals surface area contributed by atoms with E-state index in [9.17, 15) is 4.79 Å². The zero-order valence-corrected chi connectivity index (χ0v) is 14.7. The summed E-state index contributed by atoms with van der Waals surface area (Å²) in [5.74, 6) is 0.463. The molecule has 1 fully saturated rings. The van der Waals surface area contributed by atoms with Crippen molar-refractivity contribution in [1.29, 1.82) is 0 Å². The molecular formula is C19H26N4O. The highest BCUT2D eigenvalue weighted by atomic mass is 16.2. The van der Waals surface area contributed by atoms with Crippen LogP contribution in [0.1, 0.15) is 41.5 Å². The lowest BCUT2D eigenvalue weighted by Crippen LogP contribution is -2.45. The summed E-state index contributed by atoms with van der Waals surface area (Å²) in [6.07, 6.45) is 2.12. The zero-order chi connectivity index (χ0) is 17.3. The van der Waals surface area contributed by atoms with Crippen LogP contribution in [0.4, 0.5) is 0 Å². The van der Waals surface area contributed by atoms with Crippen molar-refractivity contribution in [1.82, 2.24) is 14.7 Å². The van der Waals surface area contributed by atoms with Crippen LogP contribution in [0.2, 0.25) is 0 Å². The van der Waals surface area contributed by atoms with E-state index in [4.69, 9.17) is 5.73 Å². The van der Waals surface area contributed by atoms with Gasteiger partial charge >= 0.3 is 0 Å². The molecule has 0 bridgehead atoms. The molecule has 0 radical (unpaired) electrons. The summed E-state index contributed by atoms with van der Waals surface area (Å²) >= 11 is 0. The minimum Gasteiger partial charge on any atom is -0.338 e. The third kappa shape index (κ3) is 3.08. The van der Waals surface area contributed by atoms with E-state index in [1.165, 1.54) is 0 Å². The smallest absolute Gasteiger partial charge is 0.257 e. The molecule has 128 valence electrons. The number of rotatable bonds is 3. The van der Waals surface area contributed by atoms with Crippen molar-refractivity contribution in [2.45, 2.75) is 39.7 Å². The summed E-state index contributed by atoms with van der Waals surface area (Å²) in [5, 5.41) is 4.59. The van der Waals surface area contributed by atoms with Gasteiger partial charge in [0.2, 0.25) is 0 Å². The Morgan fingerprint density at radius 2 is 2.00 bits per heavy atom. The molecule has 1 aliphatic heterocycles. The first-order chi connectivity index (χ1) is 11.5. The third-order valence-electron chi connectivity index (χ3n) is 4.99. The topological polar surface area (TPSA) is 64.2 Å². The van der Waals surface area contributed by atoms with Crippen LogP contribution in [0.25, 0.3) is 5.69 Å². The van der Waals surface area contributed by atoms with Gasteiger partial charge in [-0.05, 0) is 51.7 Å². The molecule has 2 aromatic rings. The quantitative estimate of drug-likeness (QED) is 0.943. The summed E-state index contributed by atoms with van der Waals surface area (Å²) in [5.41, 5.74) is 9.43. The van der Waals surface area contributed by atoms with Gasteiger partial charge in [0, 0.05) is 19.1 Å². The van der Waals surface area contributed by atoms with Gasteiger partial charge in [-0.25, -0.2) is 4.68 Å². The maximum absolute atomic E-state index is 13.1. The predicted molar refractivity (Wildman–Crippen MR) is 95.3 cm³/mol. The van der Waals surface area contributed by atoms with Crippen LogP contribution in [-0.4, -0.2) is 39.7 Å². The third-order valence-corrected chi connectivity index (χ3v) is 4.99. The average molecular weight is 326 g/mol. The molecule has 0 aliphatic carbocycles. The van der Waals surface area contributed by atoms with Crippen LogP contribution >= 0.6 is 0 Å². The lowest BCUT2D eigenvalue weighted by molar-refractivity contribution is 0.0659. The molecule has 1 aliphatic rings. The number of nitrogens with zero attached hydrogens (tertiary/aromatic N) is 3. The van der Waals surface area contributed by atoms with E-state index in [0.717, 1.165) is 48.6 Å². The standard InChI is InChI=1S/C19H26N4O/c1-13(20)16-8-7-11-22(12-16)19(24)18-14(2)21-23(15(18)3)17-9-5-4-6-10-17/h4-6,9-10,13,16H,7-8,11-12,20H2,1-3H3. The van der Waals surface area contributed by atoms with Crippen LogP contribution < -0.4 is 5.73 Å². The molecule has 2 unspecified atom stereocenters. The van der Waals surface area contributed by atoms with Crippen LogP contribution in [0.15, 0.2) is 30.3 Å². The molecule has 2 heterocycles. The highest BCUT2D eigenvalue weighted by molar-refractivity contribution is 5.96. The second-order valence-corrected chi connectivity index (χ2v) is 6.81. The molecule has 0 saturated carbocycles. The summed E-state index contributed by atoms with van der Waals surface area (Å²) in [6, 6.07) is 10.1. The van der Waals surface area contributed by atoms with Gasteiger partial charge in [-0.15, -0.1) is 0 Å². The Morgan fingerprint density at radius 1 is 1.29 bits per heavy atom. The second-order valence-electron chi connectivity index (χ2n) is 6.81. The molecule has 5 nitrogen and oxygen atoms in total. The molecule has 1 aromatic heterocycles. The van der Waals surface area contributed by atoms with Gasteiger partial charge < -0.3 is 10.6 Å². The second kappa shape index (κ2) is 6.77. The number of hydrogen-bond acceptors (Lipinski definition) is 3. The number of likely N-dealkylation sites (tertiary alicyclic amines) is 1. The first kappa shape index (κ1) is 16.7. The number of benzene rings is 1. The Kier molecular flexibility index (Phi) is 4.71. The minimum absolute atomic E-state index is 0.0810. The van der Waals surface area contributed by atoms with Gasteiger partial charge in [0.15, 0.2) is 0 Å². The van der Waals surface area contributed by atoms with E-state index < -0.39 is 0 Å². The Morgan fingerprint density at radius 3 is 2.67 bits per heavy atom. The van der Waals surface area contributed by atoms with Gasteiger partial charge in [0.05, 0.1) is 22.6 Å². The zero-order valence-electron chi connectivity index (χ0n) is 14.7. The van der Waals surface area contributed by atoms with E-state index in [1.807, 2.05) is 60.7 Å². The van der Waals surface area contributed by atoms with E-state index in [2.05, 4.69) is 5.10 Å². The van der Waals surface area contributed by atoms with Gasteiger partial charge in [-0.2, -0.15) is 5.10 Å². The van der Waals surface area contributed by atoms with Crippen molar-refractivity contribution in [3.05, 3.63) is 47.3 Å². The normalized spacial score (nSPS) is 19.3. The molecule has 2 atom stereocenters. The van der Waals surface area contributed by atoms with Crippen LogP contribution in [0.5, 0.6) is 0 Å².